The first kappa shape index (κ1) is 15.4. The average molecular weight is 310 g/mol. The zero-order chi connectivity index (χ0) is 16.1. The van der Waals surface area contributed by atoms with Crippen molar-refractivity contribution >= 4 is 11.8 Å². The molecule has 0 spiro atoms. The summed E-state index contributed by atoms with van der Waals surface area (Å²) in [5, 5.41) is 2.87. The van der Waals surface area contributed by atoms with Gasteiger partial charge in [0.05, 0.1) is 0 Å². The van der Waals surface area contributed by atoms with E-state index >= 15 is 0 Å². The van der Waals surface area contributed by atoms with Crippen LogP contribution < -0.4 is 15.0 Å². The van der Waals surface area contributed by atoms with Crippen molar-refractivity contribution in [2.24, 2.45) is 5.92 Å². The fraction of sp³-hybridized carbons (Fsp3) is 0.316. The molecule has 4 nitrogen and oxygen atoms in total. The molecule has 1 aliphatic heterocycles. The zero-order valence-electron chi connectivity index (χ0n) is 13.4. The van der Waals surface area contributed by atoms with Crippen LogP contribution in [0.15, 0.2) is 54.6 Å². The van der Waals surface area contributed by atoms with Crippen LogP contribution in [0.25, 0.3) is 0 Å². The van der Waals surface area contributed by atoms with Crippen LogP contribution in [0.3, 0.4) is 0 Å². The van der Waals surface area contributed by atoms with Crippen LogP contribution in [0, 0.1) is 12.8 Å². The van der Waals surface area contributed by atoms with Crippen molar-refractivity contribution in [2.45, 2.75) is 13.3 Å². The molecule has 23 heavy (non-hydrogen) atoms. The second-order valence-electron chi connectivity index (χ2n) is 6.02. The number of hydrogen-bond donors (Lipinski definition) is 1. The van der Waals surface area contributed by atoms with Crippen LogP contribution in [0.1, 0.15) is 12.0 Å². The van der Waals surface area contributed by atoms with Gasteiger partial charge in [0.25, 0.3) is 0 Å². The molecule has 1 N–H and O–H groups in total. The van der Waals surface area contributed by atoms with Crippen LogP contribution in [0.2, 0.25) is 0 Å². The van der Waals surface area contributed by atoms with Gasteiger partial charge in [0.2, 0.25) is 0 Å². The van der Waals surface area contributed by atoms with Gasteiger partial charge in [0.15, 0.2) is 0 Å². The summed E-state index contributed by atoms with van der Waals surface area (Å²) in [6, 6.07) is 17.7. The third-order valence-corrected chi connectivity index (χ3v) is 4.14. The lowest BCUT2D eigenvalue weighted by molar-refractivity contribution is 0.199. The van der Waals surface area contributed by atoms with Gasteiger partial charge in [0, 0.05) is 25.3 Å². The molecule has 4 heteroatoms. The molecule has 2 aromatic rings. The molecular formula is C19H22N2O2. The first-order valence-electron chi connectivity index (χ1n) is 8.03. The Labute approximate surface area is 137 Å². The number of anilines is 1. The number of benzene rings is 2. The highest BCUT2D eigenvalue weighted by atomic mass is 16.6. The van der Waals surface area contributed by atoms with Crippen LogP contribution in [-0.4, -0.2) is 25.7 Å². The summed E-state index contributed by atoms with van der Waals surface area (Å²) in [6.07, 6.45) is 0.699. The normalized spacial score (nSPS) is 17.1. The Morgan fingerprint density at radius 2 is 2.04 bits per heavy atom. The Morgan fingerprint density at radius 3 is 2.83 bits per heavy atom. The molecule has 1 saturated heterocycles. The summed E-state index contributed by atoms with van der Waals surface area (Å²) in [7, 11) is 0. The molecule has 0 aromatic heterocycles. The van der Waals surface area contributed by atoms with Crippen LogP contribution >= 0.6 is 0 Å². The van der Waals surface area contributed by atoms with Crippen LogP contribution in [-0.2, 0) is 0 Å². The van der Waals surface area contributed by atoms with E-state index in [-0.39, 0.29) is 6.09 Å². The van der Waals surface area contributed by atoms with Crippen molar-refractivity contribution in [1.82, 2.24) is 5.32 Å². The lowest BCUT2D eigenvalue weighted by Gasteiger charge is -2.19. The number of amides is 1. The predicted molar refractivity (Wildman–Crippen MR) is 92.0 cm³/mol. The molecule has 1 heterocycles. The van der Waals surface area contributed by atoms with Gasteiger partial charge in [-0.15, -0.1) is 0 Å². The molecule has 3 rings (SSSR count). The third-order valence-electron chi connectivity index (χ3n) is 4.14. The number of nitrogens with one attached hydrogen (secondary N) is 1. The number of carbonyl (C=O) groups is 1. The molecule has 0 bridgehead atoms. The minimum Gasteiger partial charge on any atom is -0.410 e. The number of aryl methyl sites for hydroxylation is 1. The van der Waals surface area contributed by atoms with Crippen molar-refractivity contribution in [3.05, 3.63) is 60.2 Å². The largest absolute Gasteiger partial charge is 0.412 e. The number of carbonyl (C=O) groups excluding carboxylic acids is 1. The van der Waals surface area contributed by atoms with E-state index in [2.05, 4.69) is 41.4 Å². The van der Waals surface area contributed by atoms with E-state index in [0.717, 1.165) is 19.5 Å². The molecule has 0 saturated carbocycles. The molecule has 120 valence electrons. The fourth-order valence-electron chi connectivity index (χ4n) is 2.92. The average Bonchev–Trinajstić information content (AvgIpc) is 3.03. The minimum atomic E-state index is -0.384. The Hall–Kier alpha value is -2.49. The van der Waals surface area contributed by atoms with Crippen molar-refractivity contribution in [3.8, 4) is 5.75 Å². The zero-order valence-corrected chi connectivity index (χ0v) is 13.4. The lowest BCUT2D eigenvalue weighted by atomic mass is 10.1. The summed E-state index contributed by atoms with van der Waals surface area (Å²) in [5.74, 6) is 1.02. The molecule has 2 aromatic carbocycles. The minimum absolute atomic E-state index is 0.384. The summed E-state index contributed by atoms with van der Waals surface area (Å²) in [4.78, 5) is 14.2. The lowest BCUT2D eigenvalue weighted by Crippen LogP contribution is -2.33. The van der Waals surface area contributed by atoms with Gasteiger partial charge in [-0.05, 0) is 49.1 Å². The predicted octanol–water partition coefficient (Wildman–Crippen LogP) is 3.61. The van der Waals surface area contributed by atoms with Gasteiger partial charge in [-0.25, -0.2) is 4.79 Å². The van der Waals surface area contributed by atoms with Crippen LogP contribution in [0.5, 0.6) is 5.75 Å². The highest BCUT2D eigenvalue weighted by molar-refractivity contribution is 5.70. The Kier molecular flexibility index (Phi) is 4.81. The maximum absolute atomic E-state index is 11.8. The van der Waals surface area contributed by atoms with Crippen LogP contribution in [0.4, 0.5) is 10.5 Å². The first-order valence-corrected chi connectivity index (χ1v) is 8.03. The van der Waals surface area contributed by atoms with E-state index in [9.17, 15) is 4.79 Å². The quantitative estimate of drug-likeness (QED) is 0.938. The van der Waals surface area contributed by atoms with Crippen molar-refractivity contribution in [1.29, 1.82) is 0 Å². The smallest absolute Gasteiger partial charge is 0.410 e. The van der Waals surface area contributed by atoms with E-state index in [4.69, 9.17) is 4.74 Å². The fourth-order valence-corrected chi connectivity index (χ4v) is 2.92. The molecule has 0 radical (unpaired) electrons. The maximum atomic E-state index is 11.8. The Bertz CT molecular complexity index is 657. The molecule has 1 fully saturated rings. The van der Waals surface area contributed by atoms with Gasteiger partial charge >= 0.3 is 6.09 Å². The van der Waals surface area contributed by atoms with Gasteiger partial charge in [-0.1, -0.05) is 30.3 Å². The standard InChI is InChI=1S/C19H22N2O2/c1-15-6-5-7-17(12-15)21-11-10-16(14-21)13-20-19(22)23-18-8-3-2-4-9-18/h2-9,12,16H,10-11,13-14H2,1H3,(H,20,22). The monoisotopic (exact) mass is 310 g/mol. The highest BCUT2D eigenvalue weighted by Crippen LogP contribution is 2.24. The second-order valence-corrected chi connectivity index (χ2v) is 6.02. The third kappa shape index (κ3) is 4.25. The molecule has 1 unspecified atom stereocenters. The van der Waals surface area contributed by atoms with E-state index in [1.807, 2.05) is 18.2 Å². The maximum Gasteiger partial charge on any atom is 0.412 e. The SMILES string of the molecule is Cc1cccc(N2CCC(CNC(=O)Oc3ccccc3)C2)c1. The van der Waals surface area contributed by atoms with Crippen molar-refractivity contribution < 1.29 is 9.53 Å². The van der Waals surface area contributed by atoms with Crippen molar-refractivity contribution in [3.63, 3.8) is 0 Å². The van der Waals surface area contributed by atoms with Gasteiger partial charge in [0.1, 0.15) is 5.75 Å². The summed E-state index contributed by atoms with van der Waals surface area (Å²) in [6.45, 7) is 4.75. The molecule has 1 aliphatic rings. The molecule has 1 amide bonds. The first-order chi connectivity index (χ1) is 11.2. The summed E-state index contributed by atoms with van der Waals surface area (Å²) >= 11 is 0. The molecule has 0 aliphatic carbocycles. The van der Waals surface area contributed by atoms with E-state index in [1.165, 1.54) is 11.3 Å². The van der Waals surface area contributed by atoms with Gasteiger partial charge in [-0.2, -0.15) is 0 Å². The van der Waals surface area contributed by atoms with E-state index < -0.39 is 0 Å². The Morgan fingerprint density at radius 1 is 1.22 bits per heavy atom. The number of nitrogens with zero attached hydrogens (tertiary/aromatic N) is 1. The second kappa shape index (κ2) is 7.18. The van der Waals surface area contributed by atoms with Gasteiger partial charge < -0.3 is 15.0 Å². The molecular weight excluding hydrogens is 288 g/mol. The van der Waals surface area contributed by atoms with Gasteiger partial charge in [-0.3, -0.25) is 0 Å². The number of hydrogen-bond acceptors (Lipinski definition) is 3. The van der Waals surface area contributed by atoms with Crippen molar-refractivity contribution in [2.75, 3.05) is 24.5 Å². The number of para-hydroxylation sites is 1. The number of ether oxygens (including phenoxy) is 1. The van der Waals surface area contributed by atoms with E-state index in [0.29, 0.717) is 18.2 Å². The highest BCUT2D eigenvalue weighted by Gasteiger charge is 2.23. The Balaban J connectivity index is 1.46. The molecule has 1 atom stereocenters. The topological polar surface area (TPSA) is 41.6 Å². The summed E-state index contributed by atoms with van der Waals surface area (Å²) in [5.41, 5.74) is 2.54. The number of rotatable bonds is 4. The van der Waals surface area contributed by atoms with E-state index in [1.54, 1.807) is 12.1 Å². The summed E-state index contributed by atoms with van der Waals surface area (Å²) < 4.78 is 5.24.